The Morgan fingerprint density at radius 1 is 0.750 bits per heavy atom. The van der Waals surface area contributed by atoms with Gasteiger partial charge in [0.25, 0.3) is 0 Å². The Morgan fingerprint density at radius 2 is 1.29 bits per heavy atom. The molecule has 0 heterocycles. The number of rotatable bonds is 6. The van der Waals surface area contributed by atoms with Gasteiger partial charge in [-0.3, -0.25) is 0 Å². The van der Waals surface area contributed by atoms with Crippen molar-refractivity contribution in [3.05, 3.63) is 90.5 Å². The lowest BCUT2D eigenvalue weighted by atomic mass is 10.2. The zero-order valence-electron chi connectivity index (χ0n) is 12.9. The molecule has 3 rings (SSSR count). The van der Waals surface area contributed by atoms with Crippen molar-refractivity contribution in [3.8, 4) is 17.2 Å². The highest BCUT2D eigenvalue weighted by Crippen LogP contribution is 2.48. The number of hydrogen-bond donors (Lipinski definition) is 1. The molecule has 4 nitrogen and oxygen atoms in total. The molecule has 0 bridgehead atoms. The lowest BCUT2D eigenvalue weighted by molar-refractivity contribution is 0.366. The van der Waals surface area contributed by atoms with Crippen LogP contribution in [0.25, 0.3) is 0 Å². The van der Waals surface area contributed by atoms with Gasteiger partial charge in [0.05, 0.1) is 6.16 Å². The van der Waals surface area contributed by atoms with Crippen LogP contribution < -0.4 is 9.26 Å². The van der Waals surface area contributed by atoms with Crippen molar-refractivity contribution in [2.45, 2.75) is 6.16 Å². The fourth-order valence-corrected chi connectivity index (χ4v) is 3.42. The number of ether oxygens (including phenoxy) is 1. The molecule has 0 aliphatic rings. The van der Waals surface area contributed by atoms with Gasteiger partial charge < -0.3 is 14.2 Å². The summed E-state index contributed by atoms with van der Waals surface area (Å²) in [6.45, 7) is 0. The molecule has 1 atom stereocenters. The molecular formula is C19H17O4P. The van der Waals surface area contributed by atoms with Crippen LogP contribution in [0.2, 0.25) is 0 Å². The van der Waals surface area contributed by atoms with Gasteiger partial charge >= 0.3 is 7.60 Å². The molecule has 0 amide bonds. The highest BCUT2D eigenvalue weighted by Gasteiger charge is 2.23. The quantitative estimate of drug-likeness (QED) is 0.623. The summed E-state index contributed by atoms with van der Waals surface area (Å²) in [4.78, 5) is 10.2. The predicted octanol–water partition coefficient (Wildman–Crippen LogP) is 5.24. The third kappa shape index (κ3) is 4.48. The molecule has 5 heteroatoms. The summed E-state index contributed by atoms with van der Waals surface area (Å²) in [5, 5.41) is 0. The highest BCUT2D eigenvalue weighted by atomic mass is 31.2. The first-order valence-corrected chi connectivity index (χ1v) is 9.26. The minimum atomic E-state index is -3.85. The molecule has 122 valence electrons. The van der Waals surface area contributed by atoms with Crippen LogP contribution in [0, 0.1) is 0 Å². The molecule has 0 aromatic heterocycles. The fraction of sp³-hybridized carbons (Fsp3) is 0.0526. The summed E-state index contributed by atoms with van der Waals surface area (Å²) in [7, 11) is -3.85. The van der Waals surface area contributed by atoms with Gasteiger partial charge in [-0.05, 0) is 29.8 Å². The first kappa shape index (κ1) is 16.3. The minimum Gasteiger partial charge on any atom is -0.453 e. The summed E-state index contributed by atoms with van der Waals surface area (Å²) in [5.41, 5.74) is 0.741. The van der Waals surface area contributed by atoms with E-state index in [1.165, 1.54) is 0 Å². The van der Waals surface area contributed by atoms with Crippen LogP contribution in [-0.2, 0) is 10.7 Å². The van der Waals surface area contributed by atoms with Crippen molar-refractivity contribution >= 4 is 7.60 Å². The third-order valence-electron chi connectivity index (χ3n) is 3.29. The molecule has 0 saturated heterocycles. The summed E-state index contributed by atoms with van der Waals surface area (Å²) in [6.07, 6.45) is -0.0620. The lowest BCUT2D eigenvalue weighted by Crippen LogP contribution is -1.98. The Morgan fingerprint density at radius 3 is 1.96 bits per heavy atom. The molecule has 0 radical (unpaired) electrons. The molecule has 0 aliphatic heterocycles. The maximum atomic E-state index is 12.4. The molecule has 3 aromatic rings. The van der Waals surface area contributed by atoms with E-state index in [0.29, 0.717) is 11.5 Å². The van der Waals surface area contributed by atoms with Crippen LogP contribution >= 0.6 is 7.60 Å². The van der Waals surface area contributed by atoms with Crippen LogP contribution in [0.3, 0.4) is 0 Å². The summed E-state index contributed by atoms with van der Waals surface area (Å²) < 4.78 is 23.6. The molecule has 24 heavy (non-hydrogen) atoms. The van der Waals surface area contributed by atoms with Crippen molar-refractivity contribution in [1.29, 1.82) is 0 Å². The van der Waals surface area contributed by atoms with E-state index in [0.717, 1.165) is 5.56 Å². The fourth-order valence-electron chi connectivity index (χ4n) is 2.23. The van der Waals surface area contributed by atoms with E-state index in [9.17, 15) is 9.46 Å². The highest BCUT2D eigenvalue weighted by molar-refractivity contribution is 7.52. The van der Waals surface area contributed by atoms with Crippen molar-refractivity contribution in [1.82, 2.24) is 0 Å². The average Bonchev–Trinajstić information content (AvgIpc) is 2.58. The maximum Gasteiger partial charge on any atom is 0.381 e. The van der Waals surface area contributed by atoms with Crippen molar-refractivity contribution in [2.75, 3.05) is 0 Å². The van der Waals surface area contributed by atoms with E-state index in [1.807, 2.05) is 36.4 Å². The van der Waals surface area contributed by atoms with Crippen molar-refractivity contribution in [2.24, 2.45) is 0 Å². The van der Waals surface area contributed by atoms with Gasteiger partial charge in [-0.25, -0.2) is 4.57 Å². The van der Waals surface area contributed by atoms with Crippen molar-refractivity contribution < 1.29 is 18.7 Å². The molecule has 3 aromatic carbocycles. The van der Waals surface area contributed by atoms with Gasteiger partial charge in [-0.2, -0.15) is 0 Å². The minimum absolute atomic E-state index is 0.0620. The second-order valence-corrected chi connectivity index (χ2v) is 7.01. The Kier molecular flexibility index (Phi) is 4.99. The van der Waals surface area contributed by atoms with Gasteiger partial charge in [-0.15, -0.1) is 0 Å². The van der Waals surface area contributed by atoms with Crippen LogP contribution in [-0.4, -0.2) is 4.89 Å². The van der Waals surface area contributed by atoms with Gasteiger partial charge in [0.1, 0.15) is 5.75 Å². The van der Waals surface area contributed by atoms with E-state index in [4.69, 9.17) is 9.26 Å². The Balaban J connectivity index is 1.78. The van der Waals surface area contributed by atoms with E-state index in [1.54, 1.807) is 48.5 Å². The van der Waals surface area contributed by atoms with E-state index >= 15 is 0 Å². The molecule has 0 saturated carbocycles. The number of para-hydroxylation sites is 3. The van der Waals surface area contributed by atoms with Crippen LogP contribution in [0.1, 0.15) is 5.56 Å². The van der Waals surface area contributed by atoms with Gasteiger partial charge in [-0.1, -0.05) is 60.7 Å². The van der Waals surface area contributed by atoms with Crippen molar-refractivity contribution in [3.63, 3.8) is 0 Å². The molecular weight excluding hydrogens is 323 g/mol. The average molecular weight is 340 g/mol. The summed E-state index contributed by atoms with van der Waals surface area (Å²) in [6, 6.07) is 25.1. The Hall–Kier alpha value is -2.55. The Bertz CT molecular complexity index is 834. The normalized spacial score (nSPS) is 13.0. The SMILES string of the molecule is O=P(O)(Cc1ccccc1)Oc1ccccc1Oc1ccccc1. The van der Waals surface area contributed by atoms with Crippen LogP contribution in [0.4, 0.5) is 0 Å². The monoisotopic (exact) mass is 340 g/mol. The molecule has 1 N–H and O–H groups in total. The molecule has 0 aliphatic carbocycles. The zero-order valence-corrected chi connectivity index (χ0v) is 13.8. The molecule has 0 fully saturated rings. The Labute approximate surface area is 140 Å². The molecule has 0 spiro atoms. The second-order valence-electron chi connectivity index (χ2n) is 5.23. The first-order valence-electron chi connectivity index (χ1n) is 7.50. The van der Waals surface area contributed by atoms with Gasteiger partial charge in [0.15, 0.2) is 11.5 Å². The van der Waals surface area contributed by atoms with Gasteiger partial charge in [0, 0.05) is 0 Å². The van der Waals surface area contributed by atoms with E-state index < -0.39 is 7.60 Å². The lowest BCUT2D eigenvalue weighted by Gasteiger charge is -2.16. The standard InChI is InChI=1S/C19H17O4P/c20-24(21,15-16-9-3-1-4-10-16)23-19-14-8-7-13-18(19)22-17-11-5-2-6-12-17/h1-14H,15H2,(H,20,21). The van der Waals surface area contributed by atoms with E-state index in [2.05, 4.69) is 0 Å². The summed E-state index contributed by atoms with van der Waals surface area (Å²) in [5.74, 6) is 1.26. The summed E-state index contributed by atoms with van der Waals surface area (Å²) >= 11 is 0. The predicted molar refractivity (Wildman–Crippen MR) is 93.6 cm³/mol. The third-order valence-corrected chi connectivity index (χ3v) is 4.53. The maximum absolute atomic E-state index is 12.4. The largest absolute Gasteiger partial charge is 0.453 e. The van der Waals surface area contributed by atoms with Crippen LogP contribution in [0.5, 0.6) is 17.2 Å². The molecule has 1 unspecified atom stereocenters. The first-order chi connectivity index (χ1) is 11.6. The van der Waals surface area contributed by atoms with Gasteiger partial charge in [0.2, 0.25) is 0 Å². The number of hydrogen-bond acceptors (Lipinski definition) is 3. The number of benzene rings is 3. The van der Waals surface area contributed by atoms with E-state index in [-0.39, 0.29) is 11.9 Å². The zero-order chi connectivity index (χ0) is 16.8. The smallest absolute Gasteiger partial charge is 0.381 e. The topological polar surface area (TPSA) is 55.8 Å². The second kappa shape index (κ2) is 7.35. The van der Waals surface area contributed by atoms with Crippen LogP contribution in [0.15, 0.2) is 84.9 Å².